The van der Waals surface area contributed by atoms with Gasteiger partial charge in [-0.1, -0.05) is 36.4 Å². The number of aliphatic carboxylic acids is 1. The zero-order chi connectivity index (χ0) is 16.2. The standard InChI is InChI=1S/C19H22N2O2/c1-15-13-20(16-8-4-2-5-9-16)14-18(12-19(22)23)21(15)17-10-6-3-7-11-17/h2-11,15,18H,12-14H2,1H3,(H,22,23)/t15-,18+/m1/s1. The average molecular weight is 310 g/mol. The fourth-order valence-electron chi connectivity index (χ4n) is 3.46. The maximum atomic E-state index is 11.3. The number of para-hydroxylation sites is 2. The summed E-state index contributed by atoms with van der Waals surface area (Å²) in [7, 11) is 0. The molecule has 1 aliphatic heterocycles. The SMILES string of the molecule is C[C@@H]1CN(c2ccccc2)C[C@H](CC(=O)O)N1c1ccccc1. The summed E-state index contributed by atoms with van der Waals surface area (Å²) in [4.78, 5) is 15.9. The third-order valence-electron chi connectivity index (χ3n) is 4.37. The van der Waals surface area contributed by atoms with Gasteiger partial charge in [0.15, 0.2) is 0 Å². The second-order valence-electron chi connectivity index (χ2n) is 6.08. The van der Waals surface area contributed by atoms with Gasteiger partial charge in [0.2, 0.25) is 0 Å². The molecule has 2 aromatic rings. The third kappa shape index (κ3) is 3.47. The van der Waals surface area contributed by atoms with Crippen molar-refractivity contribution >= 4 is 17.3 Å². The van der Waals surface area contributed by atoms with Crippen LogP contribution in [0.5, 0.6) is 0 Å². The van der Waals surface area contributed by atoms with Crippen molar-refractivity contribution in [2.75, 3.05) is 22.9 Å². The second kappa shape index (κ2) is 6.73. The molecule has 0 spiro atoms. The lowest BCUT2D eigenvalue weighted by Crippen LogP contribution is -2.58. The Balaban J connectivity index is 1.88. The molecule has 0 radical (unpaired) electrons. The van der Waals surface area contributed by atoms with Crippen molar-refractivity contribution in [1.29, 1.82) is 0 Å². The second-order valence-corrected chi connectivity index (χ2v) is 6.08. The van der Waals surface area contributed by atoms with Crippen molar-refractivity contribution < 1.29 is 9.90 Å². The molecule has 1 aliphatic rings. The summed E-state index contributed by atoms with van der Waals surface area (Å²) >= 11 is 0. The largest absolute Gasteiger partial charge is 0.481 e. The Labute approximate surface area is 137 Å². The van der Waals surface area contributed by atoms with Gasteiger partial charge in [0, 0.05) is 30.5 Å². The number of carboxylic acids is 1. The van der Waals surface area contributed by atoms with E-state index in [9.17, 15) is 9.90 Å². The molecular formula is C19H22N2O2. The first-order valence-corrected chi connectivity index (χ1v) is 8.00. The normalized spacial score (nSPS) is 21.3. The lowest BCUT2D eigenvalue weighted by atomic mass is 10.0. The maximum absolute atomic E-state index is 11.3. The molecule has 23 heavy (non-hydrogen) atoms. The van der Waals surface area contributed by atoms with Gasteiger partial charge in [-0.05, 0) is 31.2 Å². The molecule has 1 N–H and O–H groups in total. The summed E-state index contributed by atoms with van der Waals surface area (Å²) in [5.41, 5.74) is 2.25. The molecule has 2 aromatic carbocycles. The molecule has 0 aliphatic carbocycles. The van der Waals surface area contributed by atoms with Crippen LogP contribution in [0.4, 0.5) is 11.4 Å². The van der Waals surface area contributed by atoms with E-state index in [4.69, 9.17) is 0 Å². The topological polar surface area (TPSA) is 43.8 Å². The van der Waals surface area contributed by atoms with E-state index in [-0.39, 0.29) is 18.5 Å². The van der Waals surface area contributed by atoms with Crippen LogP contribution in [0.1, 0.15) is 13.3 Å². The van der Waals surface area contributed by atoms with E-state index >= 15 is 0 Å². The average Bonchev–Trinajstić information content (AvgIpc) is 2.55. The molecule has 2 atom stereocenters. The Morgan fingerprint density at radius 3 is 2.13 bits per heavy atom. The van der Waals surface area contributed by atoms with Crippen LogP contribution in [-0.4, -0.2) is 36.2 Å². The highest BCUT2D eigenvalue weighted by Crippen LogP contribution is 2.28. The highest BCUT2D eigenvalue weighted by atomic mass is 16.4. The minimum atomic E-state index is -0.752. The number of rotatable bonds is 4. The summed E-state index contributed by atoms with van der Waals surface area (Å²) in [5, 5.41) is 9.33. The van der Waals surface area contributed by atoms with E-state index in [1.165, 1.54) is 0 Å². The van der Waals surface area contributed by atoms with E-state index < -0.39 is 5.97 Å². The molecule has 120 valence electrons. The molecule has 0 aromatic heterocycles. The van der Waals surface area contributed by atoms with Gasteiger partial charge in [-0.2, -0.15) is 0 Å². The molecule has 0 unspecified atom stereocenters. The summed E-state index contributed by atoms with van der Waals surface area (Å²) < 4.78 is 0. The summed E-state index contributed by atoms with van der Waals surface area (Å²) in [6.07, 6.45) is 0.141. The van der Waals surface area contributed by atoms with Crippen molar-refractivity contribution in [2.45, 2.75) is 25.4 Å². The fourth-order valence-corrected chi connectivity index (χ4v) is 3.46. The van der Waals surface area contributed by atoms with Crippen LogP contribution >= 0.6 is 0 Å². The quantitative estimate of drug-likeness (QED) is 0.941. The van der Waals surface area contributed by atoms with E-state index in [2.05, 4.69) is 41.0 Å². The molecule has 4 nitrogen and oxygen atoms in total. The molecule has 0 saturated carbocycles. The zero-order valence-electron chi connectivity index (χ0n) is 13.3. The summed E-state index contributed by atoms with van der Waals surface area (Å²) in [5.74, 6) is -0.752. The van der Waals surface area contributed by atoms with Gasteiger partial charge in [0.05, 0.1) is 12.5 Å². The van der Waals surface area contributed by atoms with E-state index in [1.54, 1.807) is 0 Å². The van der Waals surface area contributed by atoms with Crippen molar-refractivity contribution in [3.63, 3.8) is 0 Å². The number of benzene rings is 2. The van der Waals surface area contributed by atoms with Crippen molar-refractivity contribution in [3.05, 3.63) is 60.7 Å². The first kappa shape index (κ1) is 15.4. The van der Waals surface area contributed by atoms with Gasteiger partial charge in [0.1, 0.15) is 0 Å². The monoisotopic (exact) mass is 310 g/mol. The number of hydrogen-bond acceptors (Lipinski definition) is 3. The Morgan fingerprint density at radius 2 is 1.57 bits per heavy atom. The molecule has 1 heterocycles. The maximum Gasteiger partial charge on any atom is 0.305 e. The molecule has 1 saturated heterocycles. The Kier molecular flexibility index (Phi) is 4.51. The predicted molar refractivity (Wildman–Crippen MR) is 93.1 cm³/mol. The Morgan fingerprint density at radius 1 is 1.00 bits per heavy atom. The number of nitrogens with zero attached hydrogens (tertiary/aromatic N) is 2. The van der Waals surface area contributed by atoms with Crippen molar-refractivity contribution in [1.82, 2.24) is 0 Å². The number of anilines is 2. The first-order chi connectivity index (χ1) is 11.1. The molecular weight excluding hydrogens is 288 g/mol. The summed E-state index contributed by atoms with van der Waals surface area (Å²) in [6.45, 7) is 3.77. The van der Waals surface area contributed by atoms with Crippen LogP contribution in [0.15, 0.2) is 60.7 Å². The van der Waals surface area contributed by atoms with Crippen LogP contribution in [0.25, 0.3) is 0 Å². The smallest absolute Gasteiger partial charge is 0.305 e. The zero-order valence-corrected chi connectivity index (χ0v) is 13.3. The minimum absolute atomic E-state index is 0.0427. The van der Waals surface area contributed by atoms with Gasteiger partial charge in [-0.3, -0.25) is 4.79 Å². The Bertz CT molecular complexity index is 645. The molecule has 0 bridgehead atoms. The lowest BCUT2D eigenvalue weighted by Gasteiger charge is -2.47. The minimum Gasteiger partial charge on any atom is -0.481 e. The first-order valence-electron chi connectivity index (χ1n) is 8.00. The highest BCUT2D eigenvalue weighted by molar-refractivity contribution is 5.69. The predicted octanol–water partition coefficient (Wildman–Crippen LogP) is 3.25. The van der Waals surface area contributed by atoms with E-state index in [1.807, 2.05) is 36.4 Å². The number of hydrogen-bond donors (Lipinski definition) is 1. The van der Waals surface area contributed by atoms with Crippen LogP contribution in [0.2, 0.25) is 0 Å². The van der Waals surface area contributed by atoms with Crippen molar-refractivity contribution in [2.24, 2.45) is 0 Å². The third-order valence-corrected chi connectivity index (χ3v) is 4.37. The summed E-state index contributed by atoms with van der Waals surface area (Å²) in [6, 6.07) is 20.5. The van der Waals surface area contributed by atoms with Gasteiger partial charge in [-0.25, -0.2) is 0 Å². The molecule has 0 amide bonds. The Hall–Kier alpha value is -2.49. The van der Waals surface area contributed by atoms with Gasteiger partial charge in [0.25, 0.3) is 0 Å². The fraction of sp³-hybridized carbons (Fsp3) is 0.316. The van der Waals surface area contributed by atoms with E-state index in [0.29, 0.717) is 0 Å². The van der Waals surface area contributed by atoms with Crippen LogP contribution in [-0.2, 0) is 4.79 Å². The number of carbonyl (C=O) groups is 1. The van der Waals surface area contributed by atoms with Gasteiger partial charge in [-0.15, -0.1) is 0 Å². The molecule has 1 fully saturated rings. The van der Waals surface area contributed by atoms with E-state index in [0.717, 1.165) is 24.5 Å². The molecule has 4 heteroatoms. The number of carboxylic acid groups (broad SMARTS) is 1. The van der Waals surface area contributed by atoms with Crippen LogP contribution in [0.3, 0.4) is 0 Å². The molecule has 3 rings (SSSR count). The van der Waals surface area contributed by atoms with Crippen molar-refractivity contribution in [3.8, 4) is 0 Å². The lowest BCUT2D eigenvalue weighted by molar-refractivity contribution is -0.137. The van der Waals surface area contributed by atoms with Crippen LogP contribution < -0.4 is 9.80 Å². The highest BCUT2D eigenvalue weighted by Gasteiger charge is 2.33. The van der Waals surface area contributed by atoms with Gasteiger partial charge < -0.3 is 14.9 Å². The number of piperazine rings is 1. The van der Waals surface area contributed by atoms with Crippen LogP contribution in [0, 0.1) is 0 Å². The van der Waals surface area contributed by atoms with Gasteiger partial charge >= 0.3 is 5.97 Å².